The molecule has 116 valence electrons. The molecule has 5 nitrogen and oxygen atoms in total. The molecule has 1 aromatic carbocycles. The lowest BCUT2D eigenvalue weighted by Crippen LogP contribution is -2.21. The molecule has 0 saturated carbocycles. The number of thiazole rings is 1. The largest absolute Gasteiger partial charge is 0.506 e. The van der Waals surface area contributed by atoms with Gasteiger partial charge in [-0.15, -0.1) is 11.3 Å². The van der Waals surface area contributed by atoms with Crippen LogP contribution in [0.15, 0.2) is 22.6 Å². The van der Waals surface area contributed by atoms with Crippen molar-refractivity contribution in [2.45, 2.75) is 20.3 Å². The van der Waals surface area contributed by atoms with E-state index < -0.39 is 0 Å². The van der Waals surface area contributed by atoms with Gasteiger partial charge in [-0.3, -0.25) is 4.79 Å². The van der Waals surface area contributed by atoms with Gasteiger partial charge in [0.1, 0.15) is 5.75 Å². The van der Waals surface area contributed by atoms with Crippen molar-refractivity contribution in [3.8, 4) is 5.75 Å². The maximum absolute atomic E-state index is 11.8. The molecule has 0 aliphatic heterocycles. The van der Waals surface area contributed by atoms with Crippen LogP contribution in [-0.2, 0) is 11.2 Å². The standard InChI is InChI=1S/C14H13Cl2N3O2S/c1-7(11-3-9(15)4-12(16)14(11)21)18-19-13(20)5-10-6-22-8(2)17-10/h3-4,6,21H,5H2,1-2H3,(H,19,20)/b18-7+. The molecular formula is C14H13Cl2N3O2S. The number of rotatable bonds is 4. The first-order valence-corrected chi connectivity index (χ1v) is 7.93. The zero-order chi connectivity index (χ0) is 16.3. The number of aromatic nitrogens is 1. The van der Waals surface area contributed by atoms with Crippen molar-refractivity contribution in [3.05, 3.63) is 43.8 Å². The molecule has 0 unspecified atom stereocenters. The summed E-state index contributed by atoms with van der Waals surface area (Å²) in [4.78, 5) is 16.0. The van der Waals surface area contributed by atoms with Crippen molar-refractivity contribution in [1.82, 2.24) is 10.4 Å². The van der Waals surface area contributed by atoms with Crippen molar-refractivity contribution < 1.29 is 9.90 Å². The number of halogens is 2. The first-order chi connectivity index (χ1) is 10.4. The fourth-order valence-corrected chi connectivity index (χ4v) is 2.85. The first-order valence-electron chi connectivity index (χ1n) is 6.29. The lowest BCUT2D eigenvalue weighted by molar-refractivity contribution is -0.120. The second kappa shape index (κ2) is 7.09. The van der Waals surface area contributed by atoms with Gasteiger partial charge in [-0.2, -0.15) is 5.10 Å². The number of phenolic OH excluding ortho intramolecular Hbond substituents is 1. The zero-order valence-electron chi connectivity index (χ0n) is 11.9. The van der Waals surface area contributed by atoms with E-state index in [4.69, 9.17) is 23.2 Å². The predicted octanol–water partition coefficient (Wildman–Crippen LogP) is 3.55. The summed E-state index contributed by atoms with van der Waals surface area (Å²) in [6, 6.07) is 2.95. The highest BCUT2D eigenvalue weighted by Crippen LogP contribution is 2.31. The van der Waals surface area contributed by atoms with E-state index in [1.807, 2.05) is 12.3 Å². The number of hydrazone groups is 1. The lowest BCUT2D eigenvalue weighted by atomic mass is 10.1. The summed E-state index contributed by atoms with van der Waals surface area (Å²) >= 11 is 13.2. The van der Waals surface area contributed by atoms with E-state index >= 15 is 0 Å². The second-order valence-corrected chi connectivity index (χ2v) is 6.46. The number of benzene rings is 1. The number of carbonyl (C=O) groups excluding carboxylic acids is 1. The monoisotopic (exact) mass is 357 g/mol. The summed E-state index contributed by atoms with van der Waals surface area (Å²) < 4.78 is 0. The molecule has 0 atom stereocenters. The van der Waals surface area contributed by atoms with E-state index in [1.165, 1.54) is 23.5 Å². The third kappa shape index (κ3) is 4.19. The zero-order valence-corrected chi connectivity index (χ0v) is 14.2. The van der Waals surface area contributed by atoms with Gasteiger partial charge in [0, 0.05) is 16.0 Å². The maximum atomic E-state index is 11.8. The van der Waals surface area contributed by atoms with E-state index in [0.29, 0.717) is 22.0 Å². The number of phenols is 1. The van der Waals surface area contributed by atoms with Crippen molar-refractivity contribution in [3.63, 3.8) is 0 Å². The second-order valence-electron chi connectivity index (χ2n) is 4.55. The van der Waals surface area contributed by atoms with Crippen LogP contribution in [0.2, 0.25) is 10.0 Å². The van der Waals surface area contributed by atoms with Gasteiger partial charge in [0.25, 0.3) is 0 Å². The Morgan fingerprint density at radius 2 is 2.18 bits per heavy atom. The van der Waals surface area contributed by atoms with Gasteiger partial charge in [-0.05, 0) is 26.0 Å². The Morgan fingerprint density at radius 1 is 1.45 bits per heavy atom. The number of aromatic hydroxyl groups is 1. The molecule has 2 aromatic rings. The van der Waals surface area contributed by atoms with Crippen molar-refractivity contribution >= 4 is 46.2 Å². The van der Waals surface area contributed by atoms with Crippen molar-refractivity contribution in [1.29, 1.82) is 0 Å². The number of nitrogens with one attached hydrogen (secondary N) is 1. The van der Waals surface area contributed by atoms with Gasteiger partial charge in [-0.25, -0.2) is 10.4 Å². The molecule has 1 amide bonds. The minimum absolute atomic E-state index is 0.126. The van der Waals surface area contributed by atoms with Gasteiger partial charge in [-0.1, -0.05) is 23.2 Å². The fourth-order valence-electron chi connectivity index (χ4n) is 1.74. The Hall–Kier alpha value is -1.63. The van der Waals surface area contributed by atoms with E-state index in [2.05, 4.69) is 15.5 Å². The summed E-state index contributed by atoms with van der Waals surface area (Å²) in [5, 5.41) is 17.1. The maximum Gasteiger partial charge on any atom is 0.246 e. The van der Waals surface area contributed by atoms with Gasteiger partial charge in [0.2, 0.25) is 5.91 Å². The molecule has 22 heavy (non-hydrogen) atoms. The Bertz CT molecular complexity index is 744. The van der Waals surface area contributed by atoms with Crippen molar-refractivity contribution in [2.24, 2.45) is 5.10 Å². The summed E-state index contributed by atoms with van der Waals surface area (Å²) in [7, 11) is 0. The molecule has 0 radical (unpaired) electrons. The van der Waals surface area contributed by atoms with Gasteiger partial charge in [0.05, 0.1) is 27.9 Å². The molecule has 8 heteroatoms. The highest BCUT2D eigenvalue weighted by molar-refractivity contribution is 7.09. The van der Waals surface area contributed by atoms with E-state index in [0.717, 1.165) is 5.01 Å². The molecular weight excluding hydrogens is 345 g/mol. The average molecular weight is 358 g/mol. The van der Waals surface area contributed by atoms with Crippen LogP contribution in [0.5, 0.6) is 5.75 Å². The molecule has 0 fully saturated rings. The predicted molar refractivity (Wildman–Crippen MR) is 89.0 cm³/mol. The highest BCUT2D eigenvalue weighted by Gasteiger charge is 2.11. The topological polar surface area (TPSA) is 74.6 Å². The Labute approximate surface area is 141 Å². The van der Waals surface area contributed by atoms with Crippen molar-refractivity contribution in [2.75, 3.05) is 0 Å². The fraction of sp³-hybridized carbons (Fsp3) is 0.214. The Balaban J connectivity index is 2.08. The molecule has 0 aliphatic rings. The van der Waals surface area contributed by atoms with Crippen LogP contribution in [0.1, 0.15) is 23.2 Å². The normalized spacial score (nSPS) is 11.5. The van der Waals surface area contributed by atoms with E-state index in [-0.39, 0.29) is 23.1 Å². The molecule has 1 aromatic heterocycles. The summed E-state index contributed by atoms with van der Waals surface area (Å²) in [6.45, 7) is 3.51. The molecule has 1 heterocycles. The van der Waals surface area contributed by atoms with Crippen LogP contribution < -0.4 is 5.43 Å². The van der Waals surface area contributed by atoms with Crippen LogP contribution in [0.4, 0.5) is 0 Å². The SMILES string of the molecule is C/C(=N\NC(=O)Cc1csc(C)n1)c1cc(Cl)cc(Cl)c1O. The summed E-state index contributed by atoms with van der Waals surface area (Å²) in [5.74, 6) is -0.422. The number of amides is 1. The molecule has 2 rings (SSSR count). The van der Waals surface area contributed by atoms with Crippen LogP contribution in [0, 0.1) is 6.92 Å². The third-order valence-electron chi connectivity index (χ3n) is 2.77. The quantitative estimate of drug-likeness (QED) is 0.648. The van der Waals surface area contributed by atoms with E-state index in [9.17, 15) is 9.90 Å². The minimum Gasteiger partial charge on any atom is -0.506 e. The van der Waals surface area contributed by atoms with Gasteiger partial charge < -0.3 is 5.11 Å². The van der Waals surface area contributed by atoms with Crippen LogP contribution in [-0.4, -0.2) is 21.7 Å². The number of hydrogen-bond acceptors (Lipinski definition) is 5. The molecule has 0 bridgehead atoms. The number of hydrogen-bond donors (Lipinski definition) is 2. The summed E-state index contributed by atoms with van der Waals surface area (Å²) in [6.07, 6.45) is 0.142. The third-order valence-corrected chi connectivity index (χ3v) is 4.10. The van der Waals surface area contributed by atoms with Gasteiger partial charge >= 0.3 is 0 Å². The Morgan fingerprint density at radius 3 is 2.82 bits per heavy atom. The lowest BCUT2D eigenvalue weighted by Gasteiger charge is -2.07. The number of carbonyl (C=O) groups is 1. The average Bonchev–Trinajstić information content (AvgIpc) is 2.85. The van der Waals surface area contributed by atoms with Crippen LogP contribution in [0.25, 0.3) is 0 Å². The smallest absolute Gasteiger partial charge is 0.246 e. The van der Waals surface area contributed by atoms with Crippen LogP contribution >= 0.6 is 34.5 Å². The molecule has 0 spiro atoms. The molecule has 2 N–H and O–H groups in total. The van der Waals surface area contributed by atoms with Crippen LogP contribution in [0.3, 0.4) is 0 Å². The van der Waals surface area contributed by atoms with E-state index in [1.54, 1.807) is 6.92 Å². The molecule has 0 saturated heterocycles. The molecule has 0 aliphatic carbocycles. The number of nitrogens with zero attached hydrogens (tertiary/aromatic N) is 2. The highest BCUT2D eigenvalue weighted by atomic mass is 35.5. The summed E-state index contributed by atoms with van der Waals surface area (Å²) in [5.41, 5.74) is 3.87. The first kappa shape index (κ1) is 16.7. The van der Waals surface area contributed by atoms with Gasteiger partial charge in [0.15, 0.2) is 0 Å². The minimum atomic E-state index is -0.294. The Kier molecular flexibility index (Phi) is 5.39. The number of aryl methyl sites for hydroxylation is 1.